The topological polar surface area (TPSA) is 49.3 Å². The zero-order chi connectivity index (χ0) is 8.69. The van der Waals surface area contributed by atoms with E-state index in [-0.39, 0.29) is 29.6 Å². The van der Waals surface area contributed by atoms with Crippen molar-refractivity contribution in [1.82, 2.24) is 5.32 Å². The van der Waals surface area contributed by atoms with Crippen LogP contribution in [-0.4, -0.2) is 53.2 Å². The molecule has 0 aliphatic carbocycles. The second-order valence-corrected chi connectivity index (χ2v) is 2.72. The van der Waals surface area contributed by atoms with Crippen molar-refractivity contribution in [1.29, 1.82) is 0 Å². The molecule has 0 rings (SSSR count). The molecule has 0 aromatic heterocycles. The predicted octanol–water partition coefficient (Wildman–Crippen LogP) is 0.858. The van der Waals surface area contributed by atoms with Gasteiger partial charge >= 0.3 is 5.97 Å². The van der Waals surface area contributed by atoms with Crippen molar-refractivity contribution in [3.63, 3.8) is 0 Å². The Morgan fingerprint density at radius 3 is 2.50 bits per heavy atom. The molecule has 0 aliphatic rings. The molecule has 12 heavy (non-hydrogen) atoms. The normalized spacial score (nSPS) is 11.8. The Balaban J connectivity index is 0. The number of rotatable bonds is 6. The minimum absolute atomic E-state index is 0. The Labute approximate surface area is 96.2 Å². The summed E-state index contributed by atoms with van der Waals surface area (Å²) in [5, 5.41) is 11.4. The van der Waals surface area contributed by atoms with Crippen molar-refractivity contribution in [3.05, 3.63) is 0 Å². The van der Waals surface area contributed by atoms with Crippen LogP contribution in [0.4, 0.5) is 0 Å². The van der Waals surface area contributed by atoms with Gasteiger partial charge in [-0.3, -0.25) is 4.79 Å². The maximum Gasteiger partial charge on any atom is 0.320 e. The number of carboxylic acid groups (broad SMARTS) is 1. The number of hydrogen-bond acceptors (Lipinski definition) is 2. The average molecular weight is 182 g/mol. The number of unbranched alkanes of at least 4 members (excludes halogenated alkanes) is 2. The molecule has 0 aromatic carbocycles. The molecule has 1 atom stereocenters. The van der Waals surface area contributed by atoms with E-state index in [9.17, 15) is 4.79 Å². The number of carbonyl (C=O) groups is 1. The van der Waals surface area contributed by atoms with E-state index in [0.717, 1.165) is 13.0 Å². The summed E-state index contributed by atoms with van der Waals surface area (Å²) in [5.74, 6) is -0.776. The van der Waals surface area contributed by atoms with Gasteiger partial charge in [-0.15, -0.1) is 0 Å². The fraction of sp³-hybridized carbons (Fsp3) is 0.875. The number of nitrogens with one attached hydrogen (secondary N) is 1. The van der Waals surface area contributed by atoms with Crippen LogP contribution in [0.5, 0.6) is 0 Å². The maximum atomic E-state index is 10.3. The predicted molar refractivity (Wildman–Crippen MR) is 50.4 cm³/mol. The minimum Gasteiger partial charge on any atom is -0.480 e. The minimum atomic E-state index is -0.776. The van der Waals surface area contributed by atoms with Crippen LogP contribution in [0.15, 0.2) is 0 Å². The van der Waals surface area contributed by atoms with E-state index in [1.54, 1.807) is 6.92 Å². The Bertz CT molecular complexity index is 120. The summed E-state index contributed by atoms with van der Waals surface area (Å²) in [5.41, 5.74) is 0. The Kier molecular flexibility index (Phi) is 11.8. The van der Waals surface area contributed by atoms with E-state index in [0.29, 0.717) is 0 Å². The van der Waals surface area contributed by atoms with Crippen molar-refractivity contribution < 1.29 is 9.90 Å². The van der Waals surface area contributed by atoms with E-state index in [4.69, 9.17) is 5.11 Å². The van der Waals surface area contributed by atoms with E-state index in [1.165, 1.54) is 12.8 Å². The number of aliphatic carboxylic acids is 1. The Morgan fingerprint density at radius 1 is 1.50 bits per heavy atom. The van der Waals surface area contributed by atoms with Gasteiger partial charge in [-0.2, -0.15) is 0 Å². The first kappa shape index (κ1) is 14.9. The summed E-state index contributed by atoms with van der Waals surface area (Å²) < 4.78 is 0. The quantitative estimate of drug-likeness (QED) is 0.473. The van der Waals surface area contributed by atoms with Crippen LogP contribution in [-0.2, 0) is 4.79 Å². The molecule has 0 spiro atoms. The van der Waals surface area contributed by atoms with Gasteiger partial charge in [0.05, 0.1) is 0 Å². The van der Waals surface area contributed by atoms with Gasteiger partial charge in [0, 0.05) is 29.6 Å². The van der Waals surface area contributed by atoms with Crippen LogP contribution in [0.25, 0.3) is 0 Å². The van der Waals surface area contributed by atoms with Crippen molar-refractivity contribution in [2.24, 2.45) is 0 Å². The second-order valence-electron chi connectivity index (χ2n) is 2.72. The third-order valence-electron chi connectivity index (χ3n) is 1.60. The molecule has 2 N–H and O–H groups in total. The molecule has 0 saturated heterocycles. The first-order chi connectivity index (χ1) is 5.18. The fourth-order valence-corrected chi connectivity index (χ4v) is 0.781. The van der Waals surface area contributed by atoms with E-state index in [2.05, 4.69) is 12.2 Å². The zero-order valence-corrected chi connectivity index (χ0v) is 10.3. The van der Waals surface area contributed by atoms with Gasteiger partial charge < -0.3 is 10.4 Å². The second kappa shape index (κ2) is 9.52. The monoisotopic (exact) mass is 182 g/mol. The summed E-state index contributed by atoms with van der Waals surface area (Å²) >= 11 is 0. The third-order valence-corrected chi connectivity index (χ3v) is 1.60. The molecular formula is C8H17NNaO2. The first-order valence-electron chi connectivity index (χ1n) is 4.14. The van der Waals surface area contributed by atoms with Crippen molar-refractivity contribution in [2.75, 3.05) is 6.54 Å². The van der Waals surface area contributed by atoms with Crippen molar-refractivity contribution >= 4 is 35.5 Å². The SMILES string of the molecule is CCCCCN[C@H](C)C(=O)O.[Na]. The van der Waals surface area contributed by atoms with Crippen molar-refractivity contribution in [3.8, 4) is 0 Å². The third kappa shape index (κ3) is 8.53. The number of hydrogen-bond donors (Lipinski definition) is 2. The molecule has 0 aliphatic heterocycles. The smallest absolute Gasteiger partial charge is 0.320 e. The van der Waals surface area contributed by atoms with E-state index >= 15 is 0 Å². The summed E-state index contributed by atoms with van der Waals surface area (Å²) in [4.78, 5) is 10.3. The van der Waals surface area contributed by atoms with Gasteiger partial charge in [0.2, 0.25) is 0 Å². The molecule has 0 bridgehead atoms. The molecule has 0 fully saturated rings. The van der Waals surface area contributed by atoms with E-state index in [1.807, 2.05) is 0 Å². The molecule has 0 unspecified atom stereocenters. The average Bonchev–Trinajstić information content (AvgIpc) is 1.97. The first-order valence-corrected chi connectivity index (χ1v) is 4.14. The summed E-state index contributed by atoms with van der Waals surface area (Å²) in [6.45, 7) is 4.59. The molecule has 0 aromatic rings. The molecule has 1 radical (unpaired) electrons. The number of carboxylic acids is 1. The molecule has 67 valence electrons. The molecule has 3 nitrogen and oxygen atoms in total. The fourth-order valence-electron chi connectivity index (χ4n) is 0.781. The van der Waals surface area contributed by atoms with Crippen LogP contribution < -0.4 is 5.32 Å². The van der Waals surface area contributed by atoms with Crippen LogP contribution >= 0.6 is 0 Å². The van der Waals surface area contributed by atoms with Gasteiger partial charge in [-0.1, -0.05) is 19.8 Å². The zero-order valence-electron chi connectivity index (χ0n) is 8.26. The van der Waals surface area contributed by atoms with E-state index < -0.39 is 12.0 Å². The summed E-state index contributed by atoms with van der Waals surface area (Å²) in [6, 6.07) is -0.410. The van der Waals surface area contributed by atoms with Gasteiger partial charge in [0.15, 0.2) is 0 Å². The van der Waals surface area contributed by atoms with Crippen LogP contribution in [0, 0.1) is 0 Å². The van der Waals surface area contributed by atoms with Gasteiger partial charge in [-0.25, -0.2) is 0 Å². The Hall–Kier alpha value is 0.430. The van der Waals surface area contributed by atoms with Gasteiger partial charge in [0.1, 0.15) is 6.04 Å². The summed E-state index contributed by atoms with van der Waals surface area (Å²) in [7, 11) is 0. The standard InChI is InChI=1S/C8H17NO2.Na/c1-3-4-5-6-9-7(2)8(10)11;/h7,9H,3-6H2,1-2H3,(H,10,11);/t7-;/m1./s1. The molecule has 4 heteroatoms. The van der Waals surface area contributed by atoms with Crippen LogP contribution in [0.3, 0.4) is 0 Å². The molecule has 0 heterocycles. The molecule has 0 amide bonds. The maximum absolute atomic E-state index is 10.3. The van der Waals surface area contributed by atoms with Gasteiger partial charge in [0.25, 0.3) is 0 Å². The van der Waals surface area contributed by atoms with Crippen LogP contribution in [0.2, 0.25) is 0 Å². The molecular weight excluding hydrogens is 165 g/mol. The van der Waals surface area contributed by atoms with Crippen molar-refractivity contribution in [2.45, 2.75) is 39.2 Å². The van der Waals surface area contributed by atoms with Crippen LogP contribution in [0.1, 0.15) is 33.1 Å². The van der Waals surface area contributed by atoms with Gasteiger partial charge in [-0.05, 0) is 19.9 Å². The summed E-state index contributed by atoms with van der Waals surface area (Å²) in [6.07, 6.45) is 3.40. The Morgan fingerprint density at radius 2 is 2.08 bits per heavy atom. The largest absolute Gasteiger partial charge is 0.480 e. The molecule has 0 saturated carbocycles.